The van der Waals surface area contributed by atoms with Gasteiger partial charge in [-0.05, 0) is 24.6 Å². The van der Waals surface area contributed by atoms with Crippen LogP contribution in [0, 0.1) is 0 Å². The minimum absolute atomic E-state index is 0.347. The predicted molar refractivity (Wildman–Crippen MR) is 76.4 cm³/mol. The van der Waals surface area contributed by atoms with Crippen molar-refractivity contribution < 1.29 is 9.47 Å². The first kappa shape index (κ1) is 13.3. The number of benzene rings is 1. The minimum atomic E-state index is -0.347. The summed E-state index contributed by atoms with van der Waals surface area (Å²) in [5.41, 5.74) is 8.06. The van der Waals surface area contributed by atoms with Gasteiger partial charge in [0.1, 0.15) is 13.2 Å². The number of rotatable bonds is 3. The second-order valence-corrected chi connectivity index (χ2v) is 4.98. The van der Waals surface area contributed by atoms with Crippen LogP contribution in [-0.4, -0.2) is 23.0 Å². The monoisotopic (exact) mass is 293 g/mol. The minimum Gasteiger partial charge on any atom is -0.486 e. The molecule has 2 aromatic rings. The summed E-state index contributed by atoms with van der Waals surface area (Å²) in [6.45, 7) is 3.86. The van der Waals surface area contributed by atoms with Crippen molar-refractivity contribution in [3.05, 3.63) is 40.7 Å². The SMILES string of the molecule is CCn1ncc(Cl)c1C(N)c1ccc2c(c1)OCCO2. The van der Waals surface area contributed by atoms with Gasteiger partial charge < -0.3 is 15.2 Å². The summed E-state index contributed by atoms with van der Waals surface area (Å²) in [6.07, 6.45) is 1.62. The van der Waals surface area contributed by atoms with Crippen LogP contribution < -0.4 is 15.2 Å². The first-order valence-electron chi connectivity index (χ1n) is 6.57. The van der Waals surface area contributed by atoms with Crippen LogP contribution in [0.4, 0.5) is 0 Å². The number of fused-ring (bicyclic) bond motifs is 1. The third-order valence-electron chi connectivity index (χ3n) is 3.35. The summed E-state index contributed by atoms with van der Waals surface area (Å²) in [4.78, 5) is 0. The molecule has 0 spiro atoms. The van der Waals surface area contributed by atoms with Gasteiger partial charge in [-0.15, -0.1) is 0 Å². The zero-order valence-electron chi connectivity index (χ0n) is 11.2. The van der Waals surface area contributed by atoms with Crippen molar-refractivity contribution in [1.29, 1.82) is 0 Å². The number of nitrogens with two attached hydrogens (primary N) is 1. The van der Waals surface area contributed by atoms with Gasteiger partial charge in [0.2, 0.25) is 0 Å². The van der Waals surface area contributed by atoms with E-state index in [4.69, 9.17) is 26.8 Å². The fourth-order valence-electron chi connectivity index (χ4n) is 2.34. The molecule has 0 radical (unpaired) electrons. The molecule has 1 aliphatic rings. The van der Waals surface area contributed by atoms with E-state index in [-0.39, 0.29) is 6.04 Å². The largest absolute Gasteiger partial charge is 0.486 e. The summed E-state index contributed by atoms with van der Waals surface area (Å²) >= 11 is 6.19. The van der Waals surface area contributed by atoms with Gasteiger partial charge in [-0.25, -0.2) is 0 Å². The normalized spacial score (nSPS) is 15.2. The third-order valence-corrected chi connectivity index (χ3v) is 3.64. The summed E-state index contributed by atoms with van der Waals surface area (Å²) in [6, 6.07) is 5.37. The van der Waals surface area contributed by atoms with Crippen molar-refractivity contribution in [2.45, 2.75) is 19.5 Å². The van der Waals surface area contributed by atoms with Gasteiger partial charge in [-0.3, -0.25) is 4.68 Å². The van der Waals surface area contributed by atoms with Crippen LogP contribution in [0.1, 0.15) is 24.2 Å². The van der Waals surface area contributed by atoms with Crippen LogP contribution in [0.25, 0.3) is 0 Å². The summed E-state index contributed by atoms with van der Waals surface area (Å²) in [7, 11) is 0. The third kappa shape index (κ3) is 2.23. The van der Waals surface area contributed by atoms with E-state index in [1.165, 1.54) is 0 Å². The van der Waals surface area contributed by atoms with Crippen molar-refractivity contribution in [3.8, 4) is 11.5 Å². The van der Waals surface area contributed by atoms with E-state index in [9.17, 15) is 0 Å². The summed E-state index contributed by atoms with van der Waals surface area (Å²) in [5, 5.41) is 4.80. The highest BCUT2D eigenvalue weighted by Crippen LogP contribution is 2.34. The van der Waals surface area contributed by atoms with Crippen LogP contribution in [0.3, 0.4) is 0 Å². The lowest BCUT2D eigenvalue weighted by molar-refractivity contribution is 0.171. The molecule has 106 valence electrons. The lowest BCUT2D eigenvalue weighted by Gasteiger charge is -2.21. The molecule has 0 fully saturated rings. The maximum Gasteiger partial charge on any atom is 0.161 e. The van der Waals surface area contributed by atoms with Crippen LogP contribution in [0.2, 0.25) is 5.02 Å². The van der Waals surface area contributed by atoms with E-state index < -0.39 is 0 Å². The van der Waals surface area contributed by atoms with Crippen LogP contribution >= 0.6 is 11.6 Å². The van der Waals surface area contributed by atoms with Gasteiger partial charge in [-0.1, -0.05) is 17.7 Å². The number of halogens is 1. The van der Waals surface area contributed by atoms with Gasteiger partial charge in [0.05, 0.1) is 23.0 Å². The topological polar surface area (TPSA) is 62.3 Å². The molecule has 6 heteroatoms. The molecule has 1 atom stereocenters. The molecule has 0 saturated heterocycles. The fourth-order valence-corrected chi connectivity index (χ4v) is 2.60. The number of nitrogens with zero attached hydrogens (tertiary/aromatic N) is 2. The Morgan fingerprint density at radius 3 is 2.85 bits per heavy atom. The Labute approximate surface area is 122 Å². The highest BCUT2D eigenvalue weighted by atomic mass is 35.5. The lowest BCUT2D eigenvalue weighted by Crippen LogP contribution is -2.19. The van der Waals surface area contributed by atoms with Gasteiger partial charge >= 0.3 is 0 Å². The number of hydrogen-bond acceptors (Lipinski definition) is 4. The molecule has 1 unspecified atom stereocenters. The Kier molecular flexibility index (Phi) is 3.54. The van der Waals surface area contributed by atoms with E-state index in [1.807, 2.05) is 29.8 Å². The molecule has 5 nitrogen and oxygen atoms in total. The Balaban J connectivity index is 1.97. The Morgan fingerprint density at radius 1 is 1.35 bits per heavy atom. The van der Waals surface area contributed by atoms with Crippen LogP contribution in [0.15, 0.2) is 24.4 Å². The Hall–Kier alpha value is -1.72. The maximum atomic E-state index is 6.33. The van der Waals surface area contributed by atoms with E-state index in [0.29, 0.717) is 18.2 Å². The number of aryl methyl sites for hydroxylation is 1. The van der Waals surface area contributed by atoms with Crippen molar-refractivity contribution in [3.63, 3.8) is 0 Å². The molecule has 2 N–H and O–H groups in total. The Bertz CT molecular complexity index is 627. The van der Waals surface area contributed by atoms with E-state index in [2.05, 4.69) is 5.10 Å². The Morgan fingerprint density at radius 2 is 2.10 bits per heavy atom. The van der Waals surface area contributed by atoms with E-state index in [1.54, 1.807) is 6.20 Å². The summed E-state index contributed by atoms with van der Waals surface area (Å²) in [5.74, 6) is 1.48. The molecule has 0 amide bonds. The zero-order valence-corrected chi connectivity index (χ0v) is 11.9. The fraction of sp³-hybridized carbons (Fsp3) is 0.357. The zero-order chi connectivity index (χ0) is 14.1. The number of hydrogen-bond donors (Lipinski definition) is 1. The molecular weight excluding hydrogens is 278 g/mol. The molecule has 3 rings (SSSR count). The van der Waals surface area contributed by atoms with Crippen molar-refractivity contribution in [1.82, 2.24) is 9.78 Å². The maximum absolute atomic E-state index is 6.33. The standard InChI is InChI=1S/C14H16ClN3O2/c1-2-18-14(10(15)8-17-18)13(16)9-3-4-11-12(7-9)20-6-5-19-11/h3-4,7-8,13H,2,5-6,16H2,1H3. The molecule has 0 bridgehead atoms. The lowest BCUT2D eigenvalue weighted by atomic mass is 10.0. The average Bonchev–Trinajstić information content (AvgIpc) is 2.87. The van der Waals surface area contributed by atoms with Gasteiger partial charge in [0.15, 0.2) is 11.5 Å². The smallest absolute Gasteiger partial charge is 0.161 e. The second kappa shape index (κ2) is 5.34. The first-order chi connectivity index (χ1) is 9.70. The van der Waals surface area contributed by atoms with Crippen molar-refractivity contribution in [2.24, 2.45) is 5.73 Å². The quantitative estimate of drug-likeness (QED) is 0.944. The first-order valence-corrected chi connectivity index (χ1v) is 6.95. The second-order valence-electron chi connectivity index (χ2n) is 4.57. The molecule has 0 saturated carbocycles. The average molecular weight is 294 g/mol. The molecule has 1 aromatic heterocycles. The number of aromatic nitrogens is 2. The molecular formula is C14H16ClN3O2. The highest BCUT2D eigenvalue weighted by molar-refractivity contribution is 6.31. The number of ether oxygens (including phenoxy) is 2. The van der Waals surface area contributed by atoms with Gasteiger partial charge in [0, 0.05) is 6.54 Å². The van der Waals surface area contributed by atoms with Gasteiger partial charge in [0.25, 0.3) is 0 Å². The summed E-state index contributed by atoms with van der Waals surface area (Å²) < 4.78 is 12.9. The molecule has 2 heterocycles. The van der Waals surface area contributed by atoms with E-state index >= 15 is 0 Å². The van der Waals surface area contributed by atoms with Crippen molar-refractivity contribution in [2.75, 3.05) is 13.2 Å². The van der Waals surface area contributed by atoms with Gasteiger partial charge in [-0.2, -0.15) is 5.10 Å². The molecule has 1 aromatic carbocycles. The molecule has 0 aliphatic carbocycles. The van der Waals surface area contributed by atoms with E-state index in [0.717, 1.165) is 29.3 Å². The van der Waals surface area contributed by atoms with Crippen molar-refractivity contribution >= 4 is 11.6 Å². The predicted octanol–water partition coefficient (Wildman–Crippen LogP) is 2.38. The molecule has 1 aliphatic heterocycles. The highest BCUT2D eigenvalue weighted by Gasteiger charge is 2.20. The van der Waals surface area contributed by atoms with Crippen LogP contribution in [0.5, 0.6) is 11.5 Å². The molecule has 20 heavy (non-hydrogen) atoms. The van der Waals surface area contributed by atoms with Crippen LogP contribution in [-0.2, 0) is 6.54 Å².